The van der Waals surface area contributed by atoms with Gasteiger partial charge < -0.3 is 9.47 Å². The Hall–Kier alpha value is -1.77. The molecule has 0 aliphatic heterocycles. The van der Waals surface area contributed by atoms with Gasteiger partial charge in [-0.15, -0.1) is 0 Å². The fourth-order valence-corrected chi connectivity index (χ4v) is 1.57. The molecule has 1 aromatic rings. The Balaban J connectivity index is 2.48. The minimum Gasteiger partial charge on any atom is -0.490 e. The molecule has 1 aromatic carbocycles. The maximum Gasteiger partial charge on any atom is 0.310 e. The van der Waals surface area contributed by atoms with Crippen molar-refractivity contribution in [2.45, 2.75) is 45.8 Å². The van der Waals surface area contributed by atoms with E-state index in [4.69, 9.17) is 9.47 Å². The molecule has 1 unspecified atom stereocenters. The second kappa shape index (κ2) is 6.41. The highest BCUT2D eigenvalue weighted by Crippen LogP contribution is 2.16. The van der Waals surface area contributed by atoms with Crippen LogP contribution in [-0.4, -0.2) is 17.7 Å². The minimum atomic E-state index is -0.456. The Morgan fingerprint density at radius 1 is 1.32 bits per heavy atom. The lowest BCUT2D eigenvalue weighted by molar-refractivity contribution is -0.156. The first-order chi connectivity index (χ1) is 8.80. The number of carbonyl (C=O) groups is 1. The van der Waals surface area contributed by atoms with Gasteiger partial charge in [-0.25, -0.2) is 0 Å². The lowest BCUT2D eigenvalue weighted by atomic mass is 10.2. The van der Waals surface area contributed by atoms with Crippen molar-refractivity contribution >= 4 is 12.0 Å². The molecule has 0 aromatic heterocycles. The van der Waals surface area contributed by atoms with Crippen LogP contribution < -0.4 is 4.74 Å². The number of esters is 1. The van der Waals surface area contributed by atoms with Gasteiger partial charge in [-0.1, -0.05) is 24.8 Å². The highest BCUT2D eigenvalue weighted by molar-refractivity contribution is 5.70. The maximum atomic E-state index is 11.6. The van der Waals surface area contributed by atoms with E-state index in [-0.39, 0.29) is 18.5 Å². The van der Waals surface area contributed by atoms with Crippen molar-refractivity contribution in [2.24, 2.45) is 0 Å². The van der Waals surface area contributed by atoms with Gasteiger partial charge in [0.2, 0.25) is 0 Å². The van der Waals surface area contributed by atoms with Crippen LogP contribution in [0, 0.1) is 0 Å². The van der Waals surface area contributed by atoms with E-state index in [0.29, 0.717) is 0 Å². The van der Waals surface area contributed by atoms with E-state index in [1.54, 1.807) is 6.08 Å². The summed E-state index contributed by atoms with van der Waals surface area (Å²) in [5.74, 6) is 0.490. The summed E-state index contributed by atoms with van der Waals surface area (Å²) in [5, 5.41) is 0. The summed E-state index contributed by atoms with van der Waals surface area (Å²) >= 11 is 0. The first-order valence-corrected chi connectivity index (χ1v) is 6.41. The molecule has 0 amide bonds. The summed E-state index contributed by atoms with van der Waals surface area (Å²) in [5.41, 5.74) is 0.578. The minimum absolute atomic E-state index is 0.218. The lowest BCUT2D eigenvalue weighted by Gasteiger charge is -2.21. The average molecular weight is 262 g/mol. The van der Waals surface area contributed by atoms with Crippen LogP contribution in [0.15, 0.2) is 30.8 Å². The van der Waals surface area contributed by atoms with Gasteiger partial charge >= 0.3 is 5.97 Å². The zero-order valence-corrected chi connectivity index (χ0v) is 12.1. The van der Waals surface area contributed by atoms with E-state index < -0.39 is 5.60 Å². The molecule has 0 saturated heterocycles. The van der Waals surface area contributed by atoms with Gasteiger partial charge in [0.25, 0.3) is 0 Å². The third-order valence-electron chi connectivity index (χ3n) is 2.33. The van der Waals surface area contributed by atoms with Crippen LogP contribution in [0.5, 0.6) is 5.75 Å². The Morgan fingerprint density at radius 3 is 2.37 bits per heavy atom. The molecule has 0 radical (unpaired) electrons. The fourth-order valence-electron chi connectivity index (χ4n) is 1.57. The first kappa shape index (κ1) is 15.3. The van der Waals surface area contributed by atoms with Crippen LogP contribution in [0.2, 0.25) is 0 Å². The predicted molar refractivity (Wildman–Crippen MR) is 77.1 cm³/mol. The fraction of sp³-hybridized carbons (Fsp3) is 0.438. The van der Waals surface area contributed by atoms with E-state index in [1.165, 1.54) is 0 Å². The number of carbonyl (C=O) groups excluding carboxylic acids is 1. The molecule has 0 heterocycles. The highest BCUT2D eigenvalue weighted by atomic mass is 16.6. The zero-order valence-electron chi connectivity index (χ0n) is 12.1. The number of ether oxygens (including phenoxy) is 2. The van der Waals surface area contributed by atoms with Crippen molar-refractivity contribution < 1.29 is 14.3 Å². The van der Waals surface area contributed by atoms with Gasteiger partial charge in [0.05, 0.1) is 6.42 Å². The van der Waals surface area contributed by atoms with Gasteiger partial charge in [-0.3, -0.25) is 4.79 Å². The smallest absolute Gasteiger partial charge is 0.310 e. The predicted octanol–water partition coefficient (Wildman–Crippen LogP) is 3.83. The Kier molecular flexibility index (Phi) is 5.16. The number of benzene rings is 1. The van der Waals surface area contributed by atoms with Gasteiger partial charge in [0, 0.05) is 0 Å². The van der Waals surface area contributed by atoms with E-state index in [0.717, 1.165) is 11.3 Å². The molecule has 1 atom stereocenters. The molecule has 19 heavy (non-hydrogen) atoms. The van der Waals surface area contributed by atoms with Gasteiger partial charge in [-0.05, 0) is 45.4 Å². The number of hydrogen-bond donors (Lipinski definition) is 0. The highest BCUT2D eigenvalue weighted by Gasteiger charge is 2.19. The molecule has 0 N–H and O–H groups in total. The summed E-state index contributed by atoms with van der Waals surface area (Å²) in [6.45, 7) is 11.1. The molecular formula is C16H22O3. The largest absolute Gasteiger partial charge is 0.490 e. The molecule has 1 rings (SSSR count). The number of rotatable bonds is 5. The zero-order chi connectivity index (χ0) is 14.5. The van der Waals surface area contributed by atoms with Crippen LogP contribution in [0.3, 0.4) is 0 Å². The van der Waals surface area contributed by atoms with Crippen molar-refractivity contribution in [3.63, 3.8) is 0 Å². The van der Waals surface area contributed by atoms with E-state index >= 15 is 0 Å². The summed E-state index contributed by atoms with van der Waals surface area (Å²) in [6, 6.07) is 7.57. The second-order valence-corrected chi connectivity index (χ2v) is 5.49. The van der Waals surface area contributed by atoms with Gasteiger partial charge in [0.1, 0.15) is 17.5 Å². The normalized spacial score (nSPS) is 12.6. The molecule has 104 valence electrons. The molecule has 0 saturated carbocycles. The quantitative estimate of drug-likeness (QED) is 0.756. The second-order valence-electron chi connectivity index (χ2n) is 5.49. The Bertz CT molecular complexity index is 426. The van der Waals surface area contributed by atoms with E-state index in [1.807, 2.05) is 52.0 Å². The van der Waals surface area contributed by atoms with E-state index in [2.05, 4.69) is 6.58 Å². The Labute approximate surface area is 115 Å². The summed E-state index contributed by atoms with van der Waals surface area (Å²) in [4.78, 5) is 11.6. The maximum absolute atomic E-state index is 11.6. The van der Waals surface area contributed by atoms with Crippen LogP contribution in [0.4, 0.5) is 0 Å². The molecule has 3 heteroatoms. The van der Waals surface area contributed by atoms with Crippen molar-refractivity contribution in [1.29, 1.82) is 0 Å². The van der Waals surface area contributed by atoms with Crippen LogP contribution in [-0.2, 0) is 9.53 Å². The molecule has 0 spiro atoms. The molecule has 0 fully saturated rings. The van der Waals surface area contributed by atoms with Crippen molar-refractivity contribution in [1.82, 2.24) is 0 Å². The molecule has 0 aliphatic rings. The van der Waals surface area contributed by atoms with Crippen LogP contribution >= 0.6 is 0 Å². The van der Waals surface area contributed by atoms with Gasteiger partial charge in [0.15, 0.2) is 0 Å². The lowest BCUT2D eigenvalue weighted by Crippen LogP contribution is -2.27. The average Bonchev–Trinajstić information content (AvgIpc) is 2.27. The van der Waals surface area contributed by atoms with Gasteiger partial charge in [-0.2, -0.15) is 0 Å². The summed E-state index contributed by atoms with van der Waals surface area (Å²) in [7, 11) is 0. The van der Waals surface area contributed by atoms with Crippen molar-refractivity contribution in [3.8, 4) is 5.75 Å². The molecule has 0 aliphatic carbocycles. The number of hydrogen-bond acceptors (Lipinski definition) is 3. The molecule has 3 nitrogen and oxygen atoms in total. The van der Waals surface area contributed by atoms with Crippen LogP contribution in [0.1, 0.15) is 39.7 Å². The Morgan fingerprint density at radius 2 is 1.89 bits per heavy atom. The summed E-state index contributed by atoms with van der Waals surface area (Å²) in [6.07, 6.45) is 1.79. The topological polar surface area (TPSA) is 35.5 Å². The SMILES string of the molecule is C=Cc1ccc(OC(C)CC(=O)OC(C)(C)C)cc1. The van der Waals surface area contributed by atoms with Crippen LogP contribution in [0.25, 0.3) is 6.08 Å². The standard InChI is InChI=1S/C16H22O3/c1-6-13-7-9-14(10-8-13)18-12(2)11-15(17)19-16(3,4)5/h6-10,12H,1,11H2,2-5H3. The third-order valence-corrected chi connectivity index (χ3v) is 2.33. The first-order valence-electron chi connectivity index (χ1n) is 6.41. The van der Waals surface area contributed by atoms with Crippen molar-refractivity contribution in [3.05, 3.63) is 36.4 Å². The van der Waals surface area contributed by atoms with E-state index in [9.17, 15) is 4.79 Å². The third kappa shape index (κ3) is 6.09. The summed E-state index contributed by atoms with van der Waals surface area (Å²) < 4.78 is 10.9. The monoisotopic (exact) mass is 262 g/mol. The van der Waals surface area contributed by atoms with Crippen molar-refractivity contribution in [2.75, 3.05) is 0 Å². The molecule has 0 bridgehead atoms. The molecular weight excluding hydrogens is 240 g/mol.